The maximum Gasteiger partial charge on any atom is 0.404 e. The first-order valence-corrected chi connectivity index (χ1v) is 6.72. The van der Waals surface area contributed by atoms with Crippen molar-refractivity contribution in [3.05, 3.63) is 29.6 Å². The Morgan fingerprint density at radius 1 is 1.48 bits per heavy atom. The van der Waals surface area contributed by atoms with Crippen LogP contribution in [0.5, 0.6) is 0 Å². The van der Waals surface area contributed by atoms with Gasteiger partial charge in [0.25, 0.3) is 0 Å². The van der Waals surface area contributed by atoms with E-state index < -0.39 is 6.09 Å². The lowest BCUT2D eigenvalue weighted by Crippen LogP contribution is -2.37. The van der Waals surface area contributed by atoms with Crippen molar-refractivity contribution < 1.29 is 14.7 Å². The third-order valence-electron chi connectivity index (χ3n) is 3.31. The van der Waals surface area contributed by atoms with Crippen LogP contribution >= 0.6 is 0 Å². The molecule has 2 rings (SSSR count). The Morgan fingerprint density at radius 3 is 2.81 bits per heavy atom. The van der Waals surface area contributed by atoms with Crippen LogP contribution in [0.4, 0.5) is 4.79 Å². The summed E-state index contributed by atoms with van der Waals surface area (Å²) < 4.78 is 0. The Bertz CT molecular complexity index is 542. The molecule has 1 heterocycles. The molecule has 0 aliphatic heterocycles. The van der Waals surface area contributed by atoms with Crippen LogP contribution in [0.25, 0.3) is 0 Å². The molecule has 1 aliphatic rings. The molecule has 1 aliphatic carbocycles. The van der Waals surface area contributed by atoms with Gasteiger partial charge in [-0.2, -0.15) is 5.26 Å². The SMILES string of the molecule is N#Cc1ccc(C=NO[C@H]2CC[C@@H](NC(=O)O)CC2)nc1. The van der Waals surface area contributed by atoms with E-state index in [4.69, 9.17) is 15.2 Å². The van der Waals surface area contributed by atoms with Crippen molar-refractivity contribution >= 4 is 12.3 Å². The van der Waals surface area contributed by atoms with Gasteiger partial charge in [-0.15, -0.1) is 0 Å². The number of nitrogens with zero attached hydrogens (tertiary/aromatic N) is 3. The van der Waals surface area contributed by atoms with Crippen LogP contribution in [0.2, 0.25) is 0 Å². The fraction of sp³-hybridized carbons (Fsp3) is 0.429. The van der Waals surface area contributed by atoms with Crippen LogP contribution in [0, 0.1) is 11.3 Å². The van der Waals surface area contributed by atoms with Crippen LogP contribution in [0.1, 0.15) is 36.9 Å². The molecular formula is C14H16N4O3. The first-order chi connectivity index (χ1) is 10.2. The standard InChI is InChI=1S/C14H16N4O3/c15-7-10-1-2-12(16-8-10)9-17-21-13-5-3-11(4-6-13)18-14(19)20/h1-2,8-9,11,13,18H,3-6H2,(H,19,20)/t11-,13+. The van der Waals surface area contributed by atoms with E-state index in [1.165, 1.54) is 12.4 Å². The highest BCUT2D eigenvalue weighted by molar-refractivity contribution is 5.76. The highest BCUT2D eigenvalue weighted by atomic mass is 16.6. The molecule has 0 atom stereocenters. The minimum absolute atomic E-state index is 0.00600. The summed E-state index contributed by atoms with van der Waals surface area (Å²) in [5, 5.41) is 23.7. The van der Waals surface area contributed by atoms with Gasteiger partial charge in [0.15, 0.2) is 0 Å². The van der Waals surface area contributed by atoms with E-state index >= 15 is 0 Å². The number of nitrogens with one attached hydrogen (secondary N) is 1. The summed E-state index contributed by atoms with van der Waals surface area (Å²) in [5.74, 6) is 0. The predicted molar refractivity (Wildman–Crippen MR) is 74.8 cm³/mol. The van der Waals surface area contributed by atoms with Gasteiger partial charge in [-0.05, 0) is 37.8 Å². The lowest BCUT2D eigenvalue weighted by Gasteiger charge is -2.26. The number of amides is 1. The van der Waals surface area contributed by atoms with Gasteiger partial charge in [0.1, 0.15) is 12.2 Å². The molecule has 1 fully saturated rings. The summed E-state index contributed by atoms with van der Waals surface area (Å²) in [4.78, 5) is 20.0. The van der Waals surface area contributed by atoms with Crippen molar-refractivity contribution in [3.63, 3.8) is 0 Å². The van der Waals surface area contributed by atoms with Crippen LogP contribution in [0.3, 0.4) is 0 Å². The normalized spacial score (nSPS) is 21.7. The predicted octanol–water partition coefficient (Wildman–Crippen LogP) is 1.88. The summed E-state index contributed by atoms with van der Waals surface area (Å²) in [7, 11) is 0. The van der Waals surface area contributed by atoms with Crippen molar-refractivity contribution in [1.29, 1.82) is 5.26 Å². The number of carboxylic acid groups (broad SMARTS) is 1. The zero-order valence-corrected chi connectivity index (χ0v) is 11.4. The average molecular weight is 288 g/mol. The fourth-order valence-corrected chi connectivity index (χ4v) is 2.21. The second-order valence-corrected chi connectivity index (χ2v) is 4.85. The Kier molecular flexibility index (Phi) is 5.10. The Hall–Kier alpha value is -2.62. The molecule has 7 heteroatoms. The molecular weight excluding hydrogens is 272 g/mol. The number of hydrogen-bond donors (Lipinski definition) is 2. The highest BCUT2D eigenvalue weighted by Gasteiger charge is 2.23. The van der Waals surface area contributed by atoms with Crippen LogP contribution in [0.15, 0.2) is 23.5 Å². The van der Waals surface area contributed by atoms with E-state index in [1.54, 1.807) is 12.1 Å². The Balaban J connectivity index is 1.75. The maximum absolute atomic E-state index is 10.5. The molecule has 2 N–H and O–H groups in total. The third-order valence-corrected chi connectivity index (χ3v) is 3.31. The van der Waals surface area contributed by atoms with Crippen molar-refractivity contribution in [2.24, 2.45) is 5.16 Å². The van der Waals surface area contributed by atoms with E-state index in [0.29, 0.717) is 11.3 Å². The van der Waals surface area contributed by atoms with E-state index in [1.807, 2.05) is 6.07 Å². The van der Waals surface area contributed by atoms with Crippen molar-refractivity contribution in [2.75, 3.05) is 0 Å². The van der Waals surface area contributed by atoms with Gasteiger partial charge in [-0.1, -0.05) is 5.16 Å². The second kappa shape index (κ2) is 7.24. The highest BCUT2D eigenvalue weighted by Crippen LogP contribution is 2.21. The number of nitriles is 1. The number of pyridine rings is 1. The quantitative estimate of drug-likeness (QED) is 0.649. The summed E-state index contributed by atoms with van der Waals surface area (Å²) in [6, 6.07) is 5.36. The lowest BCUT2D eigenvalue weighted by molar-refractivity contribution is 0.0277. The van der Waals surface area contributed by atoms with E-state index in [-0.39, 0.29) is 12.1 Å². The molecule has 1 aromatic heterocycles. The molecule has 110 valence electrons. The van der Waals surface area contributed by atoms with Crippen molar-refractivity contribution in [2.45, 2.75) is 37.8 Å². The van der Waals surface area contributed by atoms with Crippen molar-refractivity contribution in [3.8, 4) is 6.07 Å². The summed E-state index contributed by atoms with van der Waals surface area (Å²) in [6.45, 7) is 0. The van der Waals surface area contributed by atoms with Gasteiger partial charge in [-0.25, -0.2) is 4.79 Å². The maximum atomic E-state index is 10.5. The number of aromatic nitrogens is 1. The topological polar surface area (TPSA) is 108 Å². The largest absolute Gasteiger partial charge is 0.465 e. The first kappa shape index (κ1) is 14.8. The number of rotatable bonds is 4. The van der Waals surface area contributed by atoms with E-state index in [2.05, 4.69) is 15.5 Å². The molecule has 21 heavy (non-hydrogen) atoms. The minimum Gasteiger partial charge on any atom is -0.465 e. The first-order valence-electron chi connectivity index (χ1n) is 6.72. The zero-order valence-electron chi connectivity index (χ0n) is 11.4. The smallest absolute Gasteiger partial charge is 0.404 e. The molecule has 1 saturated carbocycles. The minimum atomic E-state index is -0.982. The average Bonchev–Trinajstić information content (AvgIpc) is 2.49. The molecule has 0 saturated heterocycles. The van der Waals surface area contributed by atoms with Crippen molar-refractivity contribution in [1.82, 2.24) is 10.3 Å². The van der Waals surface area contributed by atoms with E-state index in [0.717, 1.165) is 25.7 Å². The van der Waals surface area contributed by atoms with Gasteiger partial charge >= 0.3 is 6.09 Å². The monoisotopic (exact) mass is 288 g/mol. The molecule has 1 amide bonds. The fourth-order valence-electron chi connectivity index (χ4n) is 2.21. The number of carbonyl (C=O) groups is 1. The van der Waals surface area contributed by atoms with Gasteiger partial charge in [0, 0.05) is 12.2 Å². The Labute approximate surface area is 122 Å². The third kappa shape index (κ3) is 4.76. The second-order valence-electron chi connectivity index (χ2n) is 4.85. The van der Waals surface area contributed by atoms with Gasteiger partial charge in [0.2, 0.25) is 0 Å². The van der Waals surface area contributed by atoms with Gasteiger partial charge in [-0.3, -0.25) is 4.98 Å². The molecule has 1 aromatic rings. The molecule has 0 unspecified atom stereocenters. The Morgan fingerprint density at radius 2 is 2.24 bits per heavy atom. The zero-order chi connectivity index (χ0) is 15.1. The number of oxime groups is 1. The lowest BCUT2D eigenvalue weighted by atomic mass is 9.93. The summed E-state index contributed by atoms with van der Waals surface area (Å²) in [6.07, 6.45) is 5.04. The summed E-state index contributed by atoms with van der Waals surface area (Å²) >= 11 is 0. The van der Waals surface area contributed by atoms with Crippen LogP contribution in [-0.2, 0) is 4.84 Å². The van der Waals surface area contributed by atoms with Crippen LogP contribution in [-0.4, -0.2) is 34.5 Å². The molecule has 0 radical (unpaired) electrons. The molecule has 7 nitrogen and oxygen atoms in total. The van der Waals surface area contributed by atoms with E-state index in [9.17, 15) is 4.79 Å². The van der Waals surface area contributed by atoms with Gasteiger partial charge < -0.3 is 15.3 Å². The van der Waals surface area contributed by atoms with Gasteiger partial charge in [0.05, 0.1) is 17.5 Å². The number of hydrogen-bond acceptors (Lipinski definition) is 5. The van der Waals surface area contributed by atoms with Crippen LogP contribution < -0.4 is 5.32 Å². The summed E-state index contributed by atoms with van der Waals surface area (Å²) in [5.41, 5.74) is 1.12. The molecule has 0 spiro atoms. The molecule has 0 bridgehead atoms. The molecule has 0 aromatic carbocycles.